The van der Waals surface area contributed by atoms with Gasteiger partial charge in [-0.3, -0.25) is 0 Å². The second kappa shape index (κ2) is 13.3. The third-order valence-corrected chi connectivity index (χ3v) is 4.55. The first kappa shape index (κ1) is 23.1. The lowest BCUT2D eigenvalue weighted by Crippen LogP contribution is -2.43. The van der Waals surface area contributed by atoms with Crippen LogP contribution in [-0.4, -0.2) is 57.3 Å². The molecule has 0 amide bonds. The summed E-state index contributed by atoms with van der Waals surface area (Å²) in [6.07, 6.45) is 2.40. The summed E-state index contributed by atoms with van der Waals surface area (Å²) in [5.74, 6) is 1.29. The van der Waals surface area contributed by atoms with Gasteiger partial charge in [-0.1, -0.05) is 12.1 Å². The predicted molar refractivity (Wildman–Crippen MR) is 116 cm³/mol. The highest BCUT2D eigenvalue weighted by Gasteiger charge is 2.18. The number of likely N-dealkylation sites (tertiary alicyclic amines) is 1. The van der Waals surface area contributed by atoms with E-state index >= 15 is 0 Å². The maximum Gasteiger partial charge on any atom is 0.191 e. The van der Waals surface area contributed by atoms with E-state index in [4.69, 9.17) is 4.74 Å². The summed E-state index contributed by atoms with van der Waals surface area (Å²) in [7, 11) is 1.75. The number of aliphatic imine (C=N–C) groups is 1. The normalized spacial score (nSPS) is 16.2. The first-order chi connectivity index (χ1) is 12.2. The average Bonchev–Trinajstić information content (AvgIpc) is 2.64. The molecule has 1 aromatic rings. The number of halogens is 2. The molecule has 1 fully saturated rings. The zero-order chi connectivity index (χ0) is 17.9. The average molecular weight is 478 g/mol. The fourth-order valence-electron chi connectivity index (χ4n) is 2.98. The lowest BCUT2D eigenvalue weighted by Gasteiger charge is -2.32. The Morgan fingerprint density at radius 3 is 2.54 bits per heavy atom. The molecule has 0 aliphatic carbocycles. The predicted octanol–water partition coefficient (Wildman–Crippen LogP) is 2.86. The van der Waals surface area contributed by atoms with Crippen molar-refractivity contribution in [3.05, 3.63) is 35.6 Å². The number of methoxy groups -OCH3 is 1. The first-order valence-electron chi connectivity index (χ1n) is 9.19. The minimum Gasteiger partial charge on any atom is -0.383 e. The smallest absolute Gasteiger partial charge is 0.191 e. The zero-order valence-electron chi connectivity index (χ0n) is 15.8. The Morgan fingerprint density at radius 1 is 1.23 bits per heavy atom. The van der Waals surface area contributed by atoms with E-state index in [0.717, 1.165) is 50.9 Å². The lowest BCUT2D eigenvalue weighted by atomic mass is 9.97. The van der Waals surface area contributed by atoms with Crippen LogP contribution in [0, 0.1) is 11.7 Å². The Bertz CT molecular complexity index is 519. The number of piperidine rings is 1. The van der Waals surface area contributed by atoms with Crippen molar-refractivity contribution < 1.29 is 9.13 Å². The Morgan fingerprint density at radius 2 is 1.92 bits per heavy atom. The Kier molecular flexibility index (Phi) is 11.8. The van der Waals surface area contributed by atoms with Crippen molar-refractivity contribution in [3.63, 3.8) is 0 Å². The maximum atomic E-state index is 13.0. The minimum atomic E-state index is -0.213. The third-order valence-electron chi connectivity index (χ3n) is 4.55. The van der Waals surface area contributed by atoms with Gasteiger partial charge in [-0.25, -0.2) is 9.38 Å². The molecule has 1 aliphatic rings. The van der Waals surface area contributed by atoms with Gasteiger partial charge in [0.2, 0.25) is 0 Å². The summed E-state index contributed by atoms with van der Waals surface area (Å²) < 4.78 is 18.1. The number of guanidine groups is 1. The van der Waals surface area contributed by atoms with E-state index in [1.165, 1.54) is 25.0 Å². The van der Waals surface area contributed by atoms with Crippen LogP contribution in [0.1, 0.15) is 25.3 Å². The van der Waals surface area contributed by atoms with Crippen LogP contribution in [0.2, 0.25) is 0 Å². The number of hydrogen-bond acceptors (Lipinski definition) is 3. The van der Waals surface area contributed by atoms with Crippen LogP contribution in [-0.2, 0) is 11.3 Å². The molecule has 2 N–H and O–H groups in total. The molecule has 0 bridgehead atoms. The Labute approximate surface area is 173 Å². The van der Waals surface area contributed by atoms with Crippen molar-refractivity contribution in [2.75, 3.05) is 46.4 Å². The molecule has 0 unspecified atom stereocenters. The molecular weight excluding hydrogens is 446 g/mol. The number of benzene rings is 1. The van der Waals surface area contributed by atoms with Crippen molar-refractivity contribution in [2.45, 2.75) is 26.3 Å². The van der Waals surface area contributed by atoms with Crippen molar-refractivity contribution in [3.8, 4) is 0 Å². The summed E-state index contributed by atoms with van der Waals surface area (Å²) in [5.41, 5.74) is 1.00. The molecule has 2 rings (SSSR count). The molecule has 0 radical (unpaired) electrons. The van der Waals surface area contributed by atoms with E-state index in [0.29, 0.717) is 12.5 Å². The molecule has 7 heteroatoms. The van der Waals surface area contributed by atoms with Crippen LogP contribution in [0.3, 0.4) is 0 Å². The van der Waals surface area contributed by atoms with E-state index in [9.17, 15) is 4.39 Å². The summed E-state index contributed by atoms with van der Waals surface area (Å²) >= 11 is 0. The summed E-state index contributed by atoms with van der Waals surface area (Å²) in [6.45, 7) is 8.48. The molecular formula is C19H32FIN4O. The van der Waals surface area contributed by atoms with Crippen LogP contribution < -0.4 is 10.6 Å². The molecule has 1 saturated heterocycles. The van der Waals surface area contributed by atoms with Crippen molar-refractivity contribution >= 4 is 29.9 Å². The maximum absolute atomic E-state index is 13.0. The molecule has 1 aliphatic heterocycles. The van der Waals surface area contributed by atoms with Crippen molar-refractivity contribution in [1.82, 2.24) is 15.5 Å². The van der Waals surface area contributed by atoms with Gasteiger partial charge in [0.25, 0.3) is 0 Å². The molecule has 0 aromatic heterocycles. The third kappa shape index (κ3) is 8.64. The standard InChI is InChI=1S/C19H31FN4O.HI/c1-3-21-19(22-14-16-4-6-18(20)7-5-16)23-15-17-8-10-24(11-9-17)12-13-25-2;/h4-7,17H,3,8-15H2,1-2H3,(H2,21,22,23);1H. The van der Waals surface area contributed by atoms with E-state index in [1.54, 1.807) is 19.2 Å². The second-order valence-electron chi connectivity index (χ2n) is 6.48. The van der Waals surface area contributed by atoms with Gasteiger partial charge in [0, 0.05) is 26.7 Å². The fourth-order valence-corrected chi connectivity index (χ4v) is 2.98. The van der Waals surface area contributed by atoms with Gasteiger partial charge in [0.15, 0.2) is 5.96 Å². The second-order valence-corrected chi connectivity index (χ2v) is 6.48. The quantitative estimate of drug-likeness (QED) is 0.343. The SMILES string of the molecule is CCNC(=NCc1ccc(F)cc1)NCC1CCN(CCOC)CC1.I. The molecule has 148 valence electrons. The number of nitrogens with one attached hydrogen (secondary N) is 2. The highest BCUT2D eigenvalue weighted by molar-refractivity contribution is 14.0. The monoisotopic (exact) mass is 478 g/mol. The van der Waals surface area contributed by atoms with Crippen LogP contribution in [0.25, 0.3) is 0 Å². The van der Waals surface area contributed by atoms with Crippen LogP contribution in [0.15, 0.2) is 29.3 Å². The highest BCUT2D eigenvalue weighted by atomic mass is 127. The summed E-state index contributed by atoms with van der Waals surface area (Å²) in [4.78, 5) is 7.06. The molecule has 0 spiro atoms. The van der Waals surface area contributed by atoms with Gasteiger partial charge in [0.1, 0.15) is 5.82 Å². The molecule has 0 atom stereocenters. The summed E-state index contributed by atoms with van der Waals surface area (Å²) in [6, 6.07) is 6.50. The number of rotatable bonds is 8. The molecule has 1 heterocycles. The molecule has 0 saturated carbocycles. The van der Waals surface area contributed by atoms with E-state index in [2.05, 4.69) is 27.4 Å². The number of hydrogen-bond donors (Lipinski definition) is 2. The first-order valence-corrected chi connectivity index (χ1v) is 9.19. The topological polar surface area (TPSA) is 48.9 Å². The van der Waals surface area contributed by atoms with E-state index in [-0.39, 0.29) is 29.8 Å². The van der Waals surface area contributed by atoms with E-state index < -0.39 is 0 Å². The Balaban J connectivity index is 0.00000338. The van der Waals surface area contributed by atoms with Gasteiger partial charge < -0.3 is 20.3 Å². The molecule has 26 heavy (non-hydrogen) atoms. The van der Waals surface area contributed by atoms with Gasteiger partial charge in [-0.2, -0.15) is 0 Å². The Hall–Kier alpha value is -0.930. The highest BCUT2D eigenvalue weighted by Crippen LogP contribution is 2.16. The van der Waals surface area contributed by atoms with Gasteiger partial charge in [0.05, 0.1) is 13.2 Å². The molecule has 1 aromatic carbocycles. The fraction of sp³-hybridized carbons (Fsp3) is 0.632. The lowest BCUT2D eigenvalue weighted by molar-refractivity contribution is 0.121. The van der Waals surface area contributed by atoms with Gasteiger partial charge >= 0.3 is 0 Å². The van der Waals surface area contributed by atoms with Gasteiger partial charge in [-0.15, -0.1) is 24.0 Å². The van der Waals surface area contributed by atoms with Crippen LogP contribution in [0.4, 0.5) is 4.39 Å². The largest absolute Gasteiger partial charge is 0.383 e. The molecule has 5 nitrogen and oxygen atoms in total. The minimum absolute atomic E-state index is 0. The van der Waals surface area contributed by atoms with E-state index in [1.807, 2.05) is 0 Å². The zero-order valence-corrected chi connectivity index (χ0v) is 18.2. The van der Waals surface area contributed by atoms with Gasteiger partial charge in [-0.05, 0) is 56.5 Å². The summed E-state index contributed by atoms with van der Waals surface area (Å²) in [5, 5.41) is 6.73. The van der Waals surface area contributed by atoms with Crippen LogP contribution in [0.5, 0.6) is 0 Å². The van der Waals surface area contributed by atoms with Crippen molar-refractivity contribution in [2.24, 2.45) is 10.9 Å². The number of nitrogens with zero attached hydrogens (tertiary/aromatic N) is 2. The number of ether oxygens (including phenoxy) is 1. The van der Waals surface area contributed by atoms with Crippen molar-refractivity contribution in [1.29, 1.82) is 0 Å². The van der Waals surface area contributed by atoms with Crippen LogP contribution >= 0.6 is 24.0 Å².